The molecule has 5 heteroatoms. The van der Waals surface area contributed by atoms with E-state index in [1.807, 2.05) is 51.1 Å². The molecule has 1 saturated heterocycles. The fourth-order valence-corrected chi connectivity index (χ4v) is 2.52. The van der Waals surface area contributed by atoms with Crippen molar-refractivity contribution in [2.75, 3.05) is 26.4 Å². The minimum absolute atomic E-state index is 0.0608. The summed E-state index contributed by atoms with van der Waals surface area (Å²) in [7, 11) is 0. The van der Waals surface area contributed by atoms with Gasteiger partial charge >= 0.3 is 5.97 Å². The molecule has 0 aliphatic carbocycles. The Bertz CT molecular complexity index is 577. The highest BCUT2D eigenvalue weighted by Gasteiger charge is 2.24. The van der Waals surface area contributed by atoms with Crippen LogP contribution in [-0.2, 0) is 19.0 Å². The van der Waals surface area contributed by atoms with Gasteiger partial charge < -0.3 is 18.9 Å². The van der Waals surface area contributed by atoms with Crippen LogP contribution in [0.15, 0.2) is 24.3 Å². The third-order valence-electron chi connectivity index (χ3n) is 3.88. The molecule has 2 atom stereocenters. The van der Waals surface area contributed by atoms with Gasteiger partial charge in [0, 0.05) is 12.0 Å². The highest BCUT2D eigenvalue weighted by Crippen LogP contribution is 2.31. The number of ether oxygens (including phenoxy) is 4. The van der Waals surface area contributed by atoms with Gasteiger partial charge in [-0.25, -0.2) is 0 Å². The smallest absolute Gasteiger partial charge is 0.306 e. The normalized spacial score (nSPS) is 17.5. The van der Waals surface area contributed by atoms with Crippen LogP contribution in [0.2, 0.25) is 0 Å². The van der Waals surface area contributed by atoms with E-state index in [-0.39, 0.29) is 18.2 Å². The van der Waals surface area contributed by atoms with Gasteiger partial charge in [-0.15, -0.1) is 0 Å². The third-order valence-corrected chi connectivity index (χ3v) is 3.88. The fourth-order valence-electron chi connectivity index (χ4n) is 2.52. The molecule has 138 valence electrons. The molecule has 0 bridgehead atoms. The van der Waals surface area contributed by atoms with Crippen molar-refractivity contribution in [3.8, 4) is 5.75 Å². The van der Waals surface area contributed by atoms with Gasteiger partial charge in [0.1, 0.15) is 11.9 Å². The molecule has 1 aromatic carbocycles. The summed E-state index contributed by atoms with van der Waals surface area (Å²) in [6.07, 6.45) is 5.17. The van der Waals surface area contributed by atoms with Crippen LogP contribution in [0.4, 0.5) is 0 Å². The number of carbonyl (C=O) groups excluding carboxylic acids is 1. The van der Waals surface area contributed by atoms with Crippen LogP contribution in [0.5, 0.6) is 5.75 Å². The maximum Gasteiger partial charge on any atom is 0.306 e. The Kier molecular flexibility index (Phi) is 7.95. The largest absolute Gasteiger partial charge is 0.493 e. The molecule has 0 radical (unpaired) electrons. The second-order valence-corrected chi connectivity index (χ2v) is 5.87. The van der Waals surface area contributed by atoms with Gasteiger partial charge in [0.2, 0.25) is 0 Å². The van der Waals surface area contributed by atoms with Crippen molar-refractivity contribution in [1.29, 1.82) is 0 Å². The average molecular weight is 348 g/mol. The number of esters is 1. The lowest BCUT2D eigenvalue weighted by atomic mass is 10.0. The van der Waals surface area contributed by atoms with E-state index < -0.39 is 0 Å². The number of hydrogen-bond donors (Lipinski definition) is 0. The predicted molar refractivity (Wildman–Crippen MR) is 96.6 cm³/mol. The Balaban J connectivity index is 2.06. The lowest BCUT2D eigenvalue weighted by molar-refractivity contribution is -0.142. The van der Waals surface area contributed by atoms with Gasteiger partial charge in [0.15, 0.2) is 0 Å². The van der Waals surface area contributed by atoms with Crippen molar-refractivity contribution in [3.63, 3.8) is 0 Å². The summed E-state index contributed by atoms with van der Waals surface area (Å²) in [5.74, 6) is 0.650. The lowest BCUT2D eigenvalue weighted by Crippen LogP contribution is -2.08. The molecule has 0 unspecified atom stereocenters. The minimum Gasteiger partial charge on any atom is -0.493 e. The van der Waals surface area contributed by atoms with Gasteiger partial charge in [-0.3, -0.25) is 4.79 Å². The van der Waals surface area contributed by atoms with Gasteiger partial charge in [0.25, 0.3) is 0 Å². The molecule has 0 saturated carbocycles. The molecular formula is C20H28O5. The summed E-state index contributed by atoms with van der Waals surface area (Å²) in [4.78, 5) is 11.4. The standard InChI is InChI=1S/C20H28O5/c1-4-22-19-11-8-10-17(15(3)24-13-16-14-25-16)18(19)9-6-7-12-20(21)23-5-2/h6,8-11,15-16H,4-5,7,12-14H2,1-3H3/t15-,16+/m1/s1. The van der Waals surface area contributed by atoms with Crippen molar-refractivity contribution < 1.29 is 23.7 Å². The maximum atomic E-state index is 11.4. The van der Waals surface area contributed by atoms with Crippen LogP contribution in [0.3, 0.4) is 0 Å². The zero-order valence-electron chi connectivity index (χ0n) is 15.3. The number of allylic oxidation sites excluding steroid dienone is 1. The number of carbonyl (C=O) groups is 1. The average Bonchev–Trinajstić information content (AvgIpc) is 3.42. The Morgan fingerprint density at radius 3 is 2.84 bits per heavy atom. The van der Waals surface area contributed by atoms with Crippen molar-refractivity contribution in [1.82, 2.24) is 0 Å². The zero-order valence-corrected chi connectivity index (χ0v) is 15.3. The summed E-state index contributed by atoms with van der Waals surface area (Å²) in [6.45, 7) is 8.21. The van der Waals surface area contributed by atoms with Crippen molar-refractivity contribution in [3.05, 3.63) is 35.4 Å². The Morgan fingerprint density at radius 2 is 2.16 bits per heavy atom. The number of hydrogen-bond acceptors (Lipinski definition) is 5. The van der Waals surface area contributed by atoms with Crippen LogP contribution < -0.4 is 4.74 Å². The molecule has 1 fully saturated rings. The van der Waals surface area contributed by atoms with Crippen LogP contribution >= 0.6 is 0 Å². The van der Waals surface area contributed by atoms with Crippen molar-refractivity contribution >= 4 is 12.0 Å². The van der Waals surface area contributed by atoms with E-state index in [4.69, 9.17) is 18.9 Å². The molecule has 0 aromatic heterocycles. The van der Waals surface area contributed by atoms with Crippen LogP contribution in [0, 0.1) is 0 Å². The maximum absolute atomic E-state index is 11.4. The van der Waals surface area contributed by atoms with Gasteiger partial charge in [-0.05, 0) is 38.8 Å². The minimum atomic E-state index is -0.174. The second kappa shape index (κ2) is 10.2. The van der Waals surface area contributed by atoms with Gasteiger partial charge in [-0.2, -0.15) is 0 Å². The van der Waals surface area contributed by atoms with Crippen molar-refractivity contribution in [2.45, 2.75) is 45.8 Å². The highest BCUT2D eigenvalue weighted by molar-refractivity contribution is 5.70. The van der Waals surface area contributed by atoms with E-state index in [2.05, 4.69) is 0 Å². The zero-order chi connectivity index (χ0) is 18.1. The molecule has 1 aliphatic rings. The molecule has 1 aliphatic heterocycles. The lowest BCUT2D eigenvalue weighted by Gasteiger charge is -2.18. The molecule has 25 heavy (non-hydrogen) atoms. The first-order valence-electron chi connectivity index (χ1n) is 8.96. The van der Waals surface area contributed by atoms with Gasteiger partial charge in [-0.1, -0.05) is 24.3 Å². The van der Waals surface area contributed by atoms with E-state index in [0.29, 0.717) is 32.7 Å². The highest BCUT2D eigenvalue weighted by atomic mass is 16.6. The van der Waals surface area contributed by atoms with E-state index in [0.717, 1.165) is 23.5 Å². The predicted octanol–water partition coefficient (Wildman–Crippen LogP) is 3.92. The summed E-state index contributed by atoms with van der Waals surface area (Å²) in [6, 6.07) is 5.98. The monoisotopic (exact) mass is 348 g/mol. The van der Waals surface area contributed by atoms with E-state index in [9.17, 15) is 4.79 Å². The molecule has 0 N–H and O–H groups in total. The molecular weight excluding hydrogens is 320 g/mol. The van der Waals surface area contributed by atoms with Gasteiger partial charge in [0.05, 0.1) is 32.5 Å². The summed E-state index contributed by atoms with van der Waals surface area (Å²) in [5.41, 5.74) is 2.07. The SMILES string of the molecule is CCOC(=O)CCC=Cc1c(OCC)cccc1[C@@H](C)OC[C@H]1CO1. The van der Waals surface area contributed by atoms with E-state index in [1.165, 1.54) is 0 Å². The Labute approximate surface area is 149 Å². The quantitative estimate of drug-likeness (QED) is 0.448. The topological polar surface area (TPSA) is 57.3 Å². The number of epoxide rings is 1. The summed E-state index contributed by atoms with van der Waals surface area (Å²) >= 11 is 0. The first kappa shape index (κ1) is 19.5. The van der Waals surface area contributed by atoms with Crippen LogP contribution in [0.1, 0.15) is 50.8 Å². The summed E-state index contributed by atoms with van der Waals surface area (Å²) in [5, 5.41) is 0. The molecule has 0 amide bonds. The second-order valence-electron chi connectivity index (χ2n) is 5.87. The fraction of sp³-hybridized carbons (Fsp3) is 0.550. The number of rotatable bonds is 11. The van der Waals surface area contributed by atoms with E-state index in [1.54, 1.807) is 0 Å². The van der Waals surface area contributed by atoms with Crippen LogP contribution in [-0.4, -0.2) is 38.5 Å². The first-order valence-corrected chi connectivity index (χ1v) is 8.96. The summed E-state index contributed by atoms with van der Waals surface area (Å²) < 4.78 is 21.8. The molecule has 0 spiro atoms. The molecule has 2 rings (SSSR count). The molecule has 1 aromatic rings. The Hall–Kier alpha value is -1.85. The third kappa shape index (κ3) is 6.52. The van der Waals surface area contributed by atoms with E-state index >= 15 is 0 Å². The molecule has 1 heterocycles. The Morgan fingerprint density at radius 1 is 1.36 bits per heavy atom. The van der Waals surface area contributed by atoms with Crippen LogP contribution in [0.25, 0.3) is 6.08 Å². The first-order chi connectivity index (χ1) is 12.2. The molecule has 5 nitrogen and oxygen atoms in total. The van der Waals surface area contributed by atoms with Crippen molar-refractivity contribution in [2.24, 2.45) is 0 Å². The number of benzene rings is 1.